The van der Waals surface area contributed by atoms with E-state index in [-0.39, 0.29) is 0 Å². The Morgan fingerprint density at radius 2 is 1.81 bits per heavy atom. The van der Waals surface area contributed by atoms with Crippen molar-refractivity contribution in [2.75, 3.05) is 31.1 Å². The fourth-order valence-electron chi connectivity index (χ4n) is 3.59. The van der Waals surface area contributed by atoms with Crippen LogP contribution in [0.3, 0.4) is 0 Å². The summed E-state index contributed by atoms with van der Waals surface area (Å²) in [5, 5.41) is 4.63. The van der Waals surface area contributed by atoms with Crippen molar-refractivity contribution in [3.63, 3.8) is 0 Å². The summed E-state index contributed by atoms with van der Waals surface area (Å²) in [6.07, 6.45) is 0. The second-order valence-corrected chi connectivity index (χ2v) is 7.41. The van der Waals surface area contributed by atoms with Gasteiger partial charge >= 0.3 is 0 Å². The van der Waals surface area contributed by atoms with E-state index in [1.807, 2.05) is 29.0 Å². The van der Waals surface area contributed by atoms with E-state index in [4.69, 9.17) is 12.2 Å². The fraction of sp³-hybridized carbons (Fsp3) is 0.421. The van der Waals surface area contributed by atoms with Gasteiger partial charge < -0.3 is 4.90 Å². The Morgan fingerprint density at radius 1 is 1.04 bits per heavy atom. The molecule has 1 fully saturated rings. The average molecular weight is 369 g/mol. The minimum absolute atomic E-state index is 0.686. The quantitative estimate of drug-likeness (QED) is 0.665. The lowest BCUT2D eigenvalue weighted by Crippen LogP contribution is -2.47. The van der Waals surface area contributed by atoms with E-state index < -0.39 is 0 Å². The lowest BCUT2D eigenvalue weighted by molar-refractivity contribution is 0.194. The zero-order chi connectivity index (χ0) is 18.3. The van der Waals surface area contributed by atoms with Crippen molar-refractivity contribution >= 4 is 23.7 Å². The van der Waals surface area contributed by atoms with Crippen LogP contribution in [0.5, 0.6) is 0 Å². The van der Waals surface area contributed by atoms with Crippen LogP contribution < -0.4 is 4.90 Å². The molecular formula is C19H24N6S. The smallest absolute Gasteiger partial charge is 0.254 e. The average Bonchev–Trinajstić information content (AvgIpc) is 2.91. The van der Waals surface area contributed by atoms with Gasteiger partial charge in [0.25, 0.3) is 5.78 Å². The molecule has 0 N–H and O–H groups in total. The van der Waals surface area contributed by atoms with Crippen LogP contribution in [0.4, 0.5) is 5.69 Å². The summed E-state index contributed by atoms with van der Waals surface area (Å²) in [6.45, 7) is 10.9. The van der Waals surface area contributed by atoms with Crippen molar-refractivity contribution in [2.45, 2.75) is 27.4 Å². The molecule has 4 rings (SSSR count). The second-order valence-electron chi connectivity index (χ2n) is 7.04. The van der Waals surface area contributed by atoms with E-state index in [0.29, 0.717) is 17.2 Å². The van der Waals surface area contributed by atoms with E-state index in [1.165, 1.54) is 11.3 Å². The van der Waals surface area contributed by atoms with Gasteiger partial charge in [0.2, 0.25) is 4.77 Å². The van der Waals surface area contributed by atoms with Gasteiger partial charge in [0.05, 0.1) is 6.67 Å². The molecular weight excluding hydrogens is 344 g/mol. The van der Waals surface area contributed by atoms with Crippen molar-refractivity contribution in [2.24, 2.45) is 0 Å². The van der Waals surface area contributed by atoms with Crippen LogP contribution in [0.2, 0.25) is 0 Å². The van der Waals surface area contributed by atoms with Gasteiger partial charge in [-0.15, -0.1) is 5.10 Å². The molecule has 1 aromatic carbocycles. The summed E-state index contributed by atoms with van der Waals surface area (Å²) in [5.74, 6) is 0.686. The zero-order valence-electron chi connectivity index (χ0n) is 15.5. The first-order valence-electron chi connectivity index (χ1n) is 8.99. The highest BCUT2D eigenvalue weighted by atomic mass is 32.1. The number of piperazine rings is 1. The number of aromatic nitrogens is 4. The Morgan fingerprint density at radius 3 is 2.54 bits per heavy atom. The molecule has 0 amide bonds. The first-order chi connectivity index (χ1) is 12.5. The van der Waals surface area contributed by atoms with Crippen molar-refractivity contribution in [3.05, 3.63) is 52.1 Å². The van der Waals surface area contributed by atoms with Crippen LogP contribution in [0.1, 0.15) is 17.0 Å². The number of anilines is 1. The predicted molar refractivity (Wildman–Crippen MR) is 106 cm³/mol. The Bertz CT molecular complexity index is 997. The van der Waals surface area contributed by atoms with Gasteiger partial charge in [0.1, 0.15) is 0 Å². The first kappa shape index (κ1) is 17.2. The van der Waals surface area contributed by atoms with E-state index >= 15 is 0 Å². The van der Waals surface area contributed by atoms with Crippen molar-refractivity contribution < 1.29 is 0 Å². The molecule has 1 aliphatic heterocycles. The zero-order valence-corrected chi connectivity index (χ0v) is 16.3. The maximum absolute atomic E-state index is 5.63. The van der Waals surface area contributed by atoms with E-state index in [0.717, 1.165) is 37.6 Å². The Balaban J connectivity index is 1.48. The summed E-state index contributed by atoms with van der Waals surface area (Å²) in [7, 11) is 0. The van der Waals surface area contributed by atoms with Gasteiger partial charge in [0.15, 0.2) is 0 Å². The monoisotopic (exact) mass is 368 g/mol. The first-order valence-corrected chi connectivity index (χ1v) is 9.40. The molecule has 0 unspecified atom stereocenters. The molecule has 3 heterocycles. The van der Waals surface area contributed by atoms with Crippen molar-refractivity contribution in [1.29, 1.82) is 0 Å². The third kappa shape index (κ3) is 3.24. The van der Waals surface area contributed by atoms with Crippen LogP contribution in [-0.4, -0.2) is 50.2 Å². The van der Waals surface area contributed by atoms with Gasteiger partial charge in [0, 0.05) is 43.3 Å². The summed E-state index contributed by atoms with van der Waals surface area (Å²) < 4.78 is 4.56. The molecule has 26 heavy (non-hydrogen) atoms. The van der Waals surface area contributed by atoms with Crippen molar-refractivity contribution in [1.82, 2.24) is 24.1 Å². The van der Waals surface area contributed by atoms with E-state index in [9.17, 15) is 0 Å². The Kier molecular flexibility index (Phi) is 4.50. The second kappa shape index (κ2) is 6.81. The third-order valence-corrected chi connectivity index (χ3v) is 5.34. The fourth-order valence-corrected chi connectivity index (χ4v) is 3.91. The number of hydrogen-bond donors (Lipinski definition) is 0. The van der Waals surface area contributed by atoms with E-state index in [2.05, 4.69) is 51.1 Å². The molecule has 0 bridgehead atoms. The molecule has 0 aliphatic carbocycles. The Labute approximate surface area is 158 Å². The number of nitrogens with zero attached hydrogens (tertiary/aromatic N) is 6. The molecule has 1 aliphatic rings. The predicted octanol–water partition coefficient (Wildman–Crippen LogP) is 2.97. The van der Waals surface area contributed by atoms with Crippen LogP contribution in [-0.2, 0) is 6.67 Å². The summed E-state index contributed by atoms with van der Waals surface area (Å²) >= 11 is 5.63. The molecule has 2 aromatic heterocycles. The third-order valence-electron chi connectivity index (χ3n) is 4.94. The molecule has 0 radical (unpaired) electrons. The maximum atomic E-state index is 5.63. The molecule has 6 nitrogen and oxygen atoms in total. The SMILES string of the molecule is Cc1cccc(N2CCN(Cn3nc4nc(C)cc(C)n4c3=S)CC2)c1. The normalized spacial score (nSPS) is 15.7. The summed E-state index contributed by atoms with van der Waals surface area (Å²) in [6, 6.07) is 10.8. The lowest BCUT2D eigenvalue weighted by atomic mass is 10.2. The number of hydrogen-bond acceptors (Lipinski definition) is 5. The van der Waals surface area contributed by atoms with Gasteiger partial charge in [-0.1, -0.05) is 12.1 Å². The minimum Gasteiger partial charge on any atom is -0.369 e. The topological polar surface area (TPSA) is 41.6 Å². The number of benzene rings is 1. The standard InChI is InChI=1S/C19H24N6S/c1-14-5-4-6-17(11-14)23-9-7-22(8-10-23)13-24-19(26)25-16(3)12-15(2)20-18(25)21-24/h4-6,11-12H,7-10,13H2,1-3H3. The Hall–Kier alpha value is -2.25. The molecule has 0 spiro atoms. The van der Waals surface area contributed by atoms with Gasteiger partial charge in [-0.05, 0) is 56.8 Å². The molecule has 3 aromatic rings. The highest BCUT2D eigenvalue weighted by Crippen LogP contribution is 2.18. The highest BCUT2D eigenvalue weighted by Gasteiger charge is 2.19. The summed E-state index contributed by atoms with van der Waals surface area (Å²) in [5.41, 5.74) is 4.66. The van der Waals surface area contributed by atoms with Crippen molar-refractivity contribution in [3.8, 4) is 0 Å². The van der Waals surface area contributed by atoms with Gasteiger partial charge in [-0.3, -0.25) is 9.30 Å². The van der Waals surface area contributed by atoms with Gasteiger partial charge in [-0.2, -0.15) is 0 Å². The highest BCUT2D eigenvalue weighted by molar-refractivity contribution is 7.71. The largest absolute Gasteiger partial charge is 0.369 e. The van der Waals surface area contributed by atoms with Crippen LogP contribution in [0, 0.1) is 25.5 Å². The van der Waals surface area contributed by atoms with Crippen LogP contribution in [0.15, 0.2) is 30.3 Å². The van der Waals surface area contributed by atoms with Crippen LogP contribution in [0.25, 0.3) is 5.78 Å². The molecule has 0 saturated carbocycles. The van der Waals surface area contributed by atoms with Gasteiger partial charge in [-0.25, -0.2) is 9.67 Å². The lowest BCUT2D eigenvalue weighted by Gasteiger charge is -2.36. The van der Waals surface area contributed by atoms with Crippen LogP contribution >= 0.6 is 12.2 Å². The number of rotatable bonds is 3. The maximum Gasteiger partial charge on any atom is 0.254 e. The number of fused-ring (bicyclic) bond motifs is 1. The molecule has 1 saturated heterocycles. The van der Waals surface area contributed by atoms with E-state index in [1.54, 1.807) is 0 Å². The molecule has 136 valence electrons. The summed E-state index contributed by atoms with van der Waals surface area (Å²) in [4.78, 5) is 9.35. The minimum atomic E-state index is 0.686. The molecule has 7 heteroatoms. The number of aryl methyl sites for hydroxylation is 3. The molecule has 0 atom stereocenters.